The summed E-state index contributed by atoms with van der Waals surface area (Å²) in [4.78, 5) is 24.6. The predicted octanol–water partition coefficient (Wildman–Crippen LogP) is 7.18. The summed E-state index contributed by atoms with van der Waals surface area (Å²) in [7, 11) is 4.29. The lowest BCUT2D eigenvalue weighted by molar-refractivity contribution is -0.882. The lowest BCUT2D eigenvalue weighted by Gasteiger charge is -2.29. The molecule has 246 valence electrons. The largest absolute Gasteiger partial charge is 1.00 e. The van der Waals surface area contributed by atoms with Crippen molar-refractivity contribution in [1.82, 2.24) is 5.32 Å². The van der Waals surface area contributed by atoms with Gasteiger partial charge in [0.2, 0.25) is 5.91 Å². The molecule has 5 heteroatoms. The Labute approximate surface area is 264 Å². The second kappa shape index (κ2) is 30.8. The van der Waals surface area contributed by atoms with Crippen LogP contribution in [0.5, 0.6) is 0 Å². The Morgan fingerprint density at radius 2 is 1.00 bits per heavy atom. The van der Waals surface area contributed by atoms with Gasteiger partial charge >= 0.3 is 0 Å². The van der Waals surface area contributed by atoms with Gasteiger partial charge in [-0.1, -0.05) is 149 Å². The lowest BCUT2D eigenvalue weighted by Crippen LogP contribution is -3.00. The Hall–Kier alpha value is -0.610. The van der Waals surface area contributed by atoms with E-state index in [2.05, 4.69) is 40.2 Å². The van der Waals surface area contributed by atoms with Gasteiger partial charge in [-0.2, -0.15) is 0 Å². The number of quaternary nitrogens is 1. The van der Waals surface area contributed by atoms with Gasteiger partial charge in [-0.25, -0.2) is 0 Å². The van der Waals surface area contributed by atoms with Gasteiger partial charge in [0.15, 0.2) is 5.78 Å². The fourth-order valence-electron chi connectivity index (χ4n) is 5.70. The molecule has 0 rings (SSSR count). The molecule has 0 spiro atoms. The van der Waals surface area contributed by atoms with Crippen molar-refractivity contribution in [2.45, 2.75) is 181 Å². The molecule has 41 heavy (non-hydrogen) atoms. The summed E-state index contributed by atoms with van der Waals surface area (Å²) >= 11 is 0. The Balaban J connectivity index is 0. The molecule has 0 aromatic carbocycles. The highest BCUT2D eigenvalue weighted by atomic mass is 35.5. The maximum Gasteiger partial charge on any atom is 0.219 e. The number of amides is 1. The van der Waals surface area contributed by atoms with E-state index in [1.165, 1.54) is 128 Å². The first-order valence-electron chi connectivity index (χ1n) is 17.9. The molecule has 0 aromatic rings. The number of Topliss-reactive ketones (excluding diaryl/α,β-unsaturated/α-hetero) is 1. The first kappa shape index (κ1) is 42.5. The zero-order valence-corrected chi connectivity index (χ0v) is 29.3. The highest BCUT2D eigenvalue weighted by Gasteiger charge is 2.19. The van der Waals surface area contributed by atoms with Crippen molar-refractivity contribution in [2.24, 2.45) is 5.92 Å². The van der Waals surface area contributed by atoms with Crippen molar-refractivity contribution in [3.8, 4) is 0 Å². The SMILES string of the molecule is CCCCCCCCCCCC(=O)C[N+](C)(C)CCCNC(=O)CCCCCCCCCCCCCCC(C)C.[Cl-]. The van der Waals surface area contributed by atoms with Gasteiger partial charge < -0.3 is 22.2 Å². The summed E-state index contributed by atoms with van der Waals surface area (Å²) in [6, 6.07) is 0. The average molecular weight is 601 g/mol. The maximum atomic E-state index is 12.4. The van der Waals surface area contributed by atoms with Crippen molar-refractivity contribution in [3.63, 3.8) is 0 Å². The van der Waals surface area contributed by atoms with Crippen molar-refractivity contribution in [1.29, 1.82) is 0 Å². The van der Waals surface area contributed by atoms with Crippen molar-refractivity contribution >= 4 is 11.7 Å². The van der Waals surface area contributed by atoms with Crippen molar-refractivity contribution < 1.29 is 26.5 Å². The first-order valence-corrected chi connectivity index (χ1v) is 17.9. The van der Waals surface area contributed by atoms with Crippen LogP contribution in [0.1, 0.15) is 181 Å². The average Bonchev–Trinajstić information content (AvgIpc) is 2.90. The normalized spacial score (nSPS) is 11.6. The Morgan fingerprint density at radius 3 is 1.46 bits per heavy atom. The molecule has 0 fully saturated rings. The van der Waals surface area contributed by atoms with Crippen LogP contribution < -0.4 is 17.7 Å². The van der Waals surface area contributed by atoms with Gasteiger partial charge in [-0.3, -0.25) is 9.59 Å². The number of nitrogens with zero attached hydrogens (tertiary/aromatic N) is 1. The number of nitrogens with one attached hydrogen (secondary N) is 1. The highest BCUT2D eigenvalue weighted by Crippen LogP contribution is 2.15. The van der Waals surface area contributed by atoms with Crippen LogP contribution >= 0.6 is 0 Å². The lowest BCUT2D eigenvalue weighted by atomic mass is 10.0. The number of carbonyl (C=O) groups excluding carboxylic acids is 2. The fraction of sp³-hybridized carbons (Fsp3) is 0.944. The van der Waals surface area contributed by atoms with Crippen LogP contribution in [-0.4, -0.2) is 49.9 Å². The molecule has 0 aromatic heterocycles. The molecule has 0 bridgehead atoms. The molecular weight excluding hydrogens is 528 g/mol. The minimum absolute atomic E-state index is 0. The van der Waals surface area contributed by atoms with E-state index < -0.39 is 0 Å². The number of carbonyl (C=O) groups is 2. The Kier molecular flexibility index (Phi) is 32.0. The van der Waals surface area contributed by atoms with Crippen LogP contribution in [0.15, 0.2) is 0 Å². The van der Waals surface area contributed by atoms with Crippen LogP contribution in [0.4, 0.5) is 0 Å². The summed E-state index contributed by atoms with van der Waals surface area (Å²) in [6.45, 7) is 9.18. The molecule has 0 aliphatic carbocycles. The third kappa shape index (κ3) is 33.8. The molecule has 0 radical (unpaired) electrons. The van der Waals surface area contributed by atoms with Crippen LogP contribution in [-0.2, 0) is 9.59 Å². The number of rotatable bonds is 31. The third-order valence-electron chi connectivity index (χ3n) is 8.36. The molecule has 0 aliphatic heterocycles. The zero-order valence-electron chi connectivity index (χ0n) is 28.5. The van der Waals surface area contributed by atoms with Crippen molar-refractivity contribution in [2.75, 3.05) is 33.7 Å². The van der Waals surface area contributed by atoms with Gasteiger partial charge in [0.1, 0.15) is 6.54 Å². The number of hydrogen-bond donors (Lipinski definition) is 1. The van der Waals surface area contributed by atoms with E-state index in [0.29, 0.717) is 18.7 Å². The minimum Gasteiger partial charge on any atom is -1.00 e. The summed E-state index contributed by atoms with van der Waals surface area (Å²) < 4.78 is 0.727. The molecule has 0 atom stereocenters. The molecule has 0 heterocycles. The molecule has 0 unspecified atom stereocenters. The van der Waals surface area contributed by atoms with Crippen molar-refractivity contribution in [3.05, 3.63) is 0 Å². The number of unbranched alkanes of at least 4 members (excludes halogenated alkanes) is 19. The first-order chi connectivity index (χ1) is 19.3. The Morgan fingerprint density at radius 1 is 0.585 bits per heavy atom. The molecule has 4 nitrogen and oxygen atoms in total. The quantitative estimate of drug-likeness (QED) is 0.0676. The summed E-state index contributed by atoms with van der Waals surface area (Å²) in [6.07, 6.45) is 31.3. The number of halogens is 1. The molecule has 1 N–H and O–H groups in total. The van der Waals surface area contributed by atoms with E-state index in [1.807, 2.05) is 0 Å². The van der Waals surface area contributed by atoms with E-state index in [0.717, 1.165) is 49.2 Å². The number of ketones is 1. The van der Waals surface area contributed by atoms with Gasteiger partial charge in [-0.15, -0.1) is 0 Å². The second-order valence-electron chi connectivity index (χ2n) is 13.8. The third-order valence-corrected chi connectivity index (χ3v) is 8.36. The summed E-state index contributed by atoms with van der Waals surface area (Å²) in [5, 5.41) is 3.09. The second-order valence-corrected chi connectivity index (χ2v) is 13.8. The highest BCUT2D eigenvalue weighted by molar-refractivity contribution is 5.79. The van der Waals surface area contributed by atoms with E-state index in [4.69, 9.17) is 0 Å². The van der Waals surface area contributed by atoms with E-state index in [1.54, 1.807) is 0 Å². The van der Waals surface area contributed by atoms with Crippen LogP contribution in [0.2, 0.25) is 0 Å². The maximum absolute atomic E-state index is 12.4. The van der Waals surface area contributed by atoms with Gasteiger partial charge in [0, 0.05) is 25.8 Å². The molecule has 0 saturated carbocycles. The molecular formula is C36H73ClN2O2. The zero-order chi connectivity index (χ0) is 29.7. The van der Waals surface area contributed by atoms with E-state index in [-0.39, 0.29) is 18.3 Å². The number of hydrogen-bond acceptors (Lipinski definition) is 2. The smallest absolute Gasteiger partial charge is 0.219 e. The fourth-order valence-corrected chi connectivity index (χ4v) is 5.70. The van der Waals surface area contributed by atoms with Crippen LogP contribution in [0, 0.1) is 5.92 Å². The molecule has 0 aliphatic rings. The summed E-state index contributed by atoms with van der Waals surface area (Å²) in [5.74, 6) is 1.45. The van der Waals surface area contributed by atoms with E-state index >= 15 is 0 Å². The molecule has 0 saturated heterocycles. The van der Waals surface area contributed by atoms with Crippen LogP contribution in [0.3, 0.4) is 0 Å². The summed E-state index contributed by atoms with van der Waals surface area (Å²) in [5.41, 5.74) is 0. The minimum atomic E-state index is 0. The monoisotopic (exact) mass is 601 g/mol. The topological polar surface area (TPSA) is 46.2 Å². The standard InChI is InChI=1S/C36H72N2O2.ClH/c1-6-7-8-9-10-15-19-22-25-29-35(39)33-38(4,5)32-27-31-37-36(40)30-26-23-20-17-14-12-11-13-16-18-21-24-28-34(2)3;/h34H,6-33H2,1-5H3;1H. The van der Waals surface area contributed by atoms with Crippen LogP contribution in [0.25, 0.3) is 0 Å². The van der Waals surface area contributed by atoms with E-state index in [9.17, 15) is 9.59 Å². The van der Waals surface area contributed by atoms with Gasteiger partial charge in [0.25, 0.3) is 0 Å². The molecule has 1 amide bonds. The van der Waals surface area contributed by atoms with Gasteiger partial charge in [-0.05, 0) is 18.8 Å². The van der Waals surface area contributed by atoms with Gasteiger partial charge in [0.05, 0.1) is 20.6 Å². The Bertz CT molecular complexity index is 580. The predicted molar refractivity (Wildman–Crippen MR) is 176 cm³/mol. The number of likely N-dealkylation sites (N-methyl/N-ethyl adjacent to an activating group) is 1.